The quantitative estimate of drug-likeness (QED) is 0.874. The van der Waals surface area contributed by atoms with Crippen molar-refractivity contribution in [1.82, 2.24) is 9.88 Å². The van der Waals surface area contributed by atoms with Gasteiger partial charge in [-0.1, -0.05) is 30.3 Å². The fraction of sp³-hybridized carbons (Fsp3) is 0.389. The van der Waals surface area contributed by atoms with Crippen LogP contribution in [0.1, 0.15) is 17.2 Å². The summed E-state index contributed by atoms with van der Waals surface area (Å²) in [6.07, 6.45) is 1.05. The topological polar surface area (TPSA) is 59.8 Å². The molecule has 23 heavy (non-hydrogen) atoms. The Morgan fingerprint density at radius 2 is 1.74 bits per heavy atom. The maximum Gasteiger partial charge on any atom is 0.128 e. The van der Waals surface area contributed by atoms with Crippen LogP contribution < -0.4 is 4.90 Å². The van der Waals surface area contributed by atoms with Gasteiger partial charge in [0.05, 0.1) is 6.61 Å². The van der Waals surface area contributed by atoms with Gasteiger partial charge in [-0.3, -0.25) is 4.90 Å². The highest BCUT2D eigenvalue weighted by Gasteiger charge is 2.17. The largest absolute Gasteiger partial charge is 0.393 e. The molecule has 1 aliphatic heterocycles. The molecule has 0 radical (unpaired) electrons. The van der Waals surface area contributed by atoms with Crippen molar-refractivity contribution in [1.29, 1.82) is 0 Å². The molecule has 1 unspecified atom stereocenters. The Balaban J connectivity index is 1.52. The molecular weight excluding hydrogens is 290 g/mol. The molecule has 3 rings (SSSR count). The van der Waals surface area contributed by atoms with E-state index in [2.05, 4.69) is 20.9 Å². The van der Waals surface area contributed by atoms with Gasteiger partial charge in [-0.05, 0) is 23.3 Å². The van der Waals surface area contributed by atoms with Gasteiger partial charge in [0.2, 0.25) is 0 Å². The normalized spacial score (nSPS) is 17.2. The molecule has 0 amide bonds. The van der Waals surface area contributed by atoms with Crippen LogP contribution in [0, 0.1) is 0 Å². The van der Waals surface area contributed by atoms with E-state index in [1.807, 2.05) is 42.6 Å². The second-order valence-electron chi connectivity index (χ2n) is 5.89. The number of pyridine rings is 1. The van der Waals surface area contributed by atoms with Gasteiger partial charge in [0.25, 0.3) is 0 Å². The van der Waals surface area contributed by atoms with Crippen LogP contribution in [0.15, 0.2) is 48.7 Å². The van der Waals surface area contributed by atoms with E-state index < -0.39 is 6.10 Å². The Bertz CT molecular complexity index is 595. The lowest BCUT2D eigenvalue weighted by Gasteiger charge is -2.35. The molecule has 0 bridgehead atoms. The fourth-order valence-electron chi connectivity index (χ4n) is 2.88. The van der Waals surface area contributed by atoms with Crippen molar-refractivity contribution in [3.63, 3.8) is 0 Å². The lowest BCUT2D eigenvalue weighted by atomic mass is 10.1. The molecule has 1 aromatic heterocycles. The summed E-state index contributed by atoms with van der Waals surface area (Å²) in [7, 11) is 0. The van der Waals surface area contributed by atoms with Crippen LogP contribution in [0.4, 0.5) is 5.82 Å². The first-order valence-electron chi connectivity index (χ1n) is 8.02. The first-order chi connectivity index (χ1) is 11.3. The number of aliphatic hydroxyl groups excluding tert-OH is 2. The summed E-state index contributed by atoms with van der Waals surface area (Å²) >= 11 is 0. The first-order valence-corrected chi connectivity index (χ1v) is 8.02. The molecule has 1 fully saturated rings. The maximum atomic E-state index is 9.61. The first kappa shape index (κ1) is 15.9. The lowest BCUT2D eigenvalue weighted by Crippen LogP contribution is -2.46. The minimum absolute atomic E-state index is 0.241. The van der Waals surface area contributed by atoms with Gasteiger partial charge < -0.3 is 15.1 Å². The van der Waals surface area contributed by atoms with E-state index >= 15 is 0 Å². The zero-order valence-electron chi connectivity index (χ0n) is 13.2. The molecule has 0 spiro atoms. The van der Waals surface area contributed by atoms with E-state index in [0.29, 0.717) is 0 Å². The average Bonchev–Trinajstić information content (AvgIpc) is 2.63. The maximum absolute atomic E-state index is 9.61. The van der Waals surface area contributed by atoms with Crippen molar-refractivity contribution >= 4 is 5.82 Å². The Morgan fingerprint density at radius 3 is 2.35 bits per heavy atom. The van der Waals surface area contributed by atoms with E-state index in [0.717, 1.165) is 44.1 Å². The van der Waals surface area contributed by atoms with E-state index in [9.17, 15) is 5.11 Å². The third kappa shape index (κ3) is 4.07. The molecule has 122 valence electrons. The van der Waals surface area contributed by atoms with Crippen LogP contribution in [0.5, 0.6) is 0 Å². The third-order valence-electron chi connectivity index (χ3n) is 4.29. The van der Waals surface area contributed by atoms with Crippen LogP contribution in [-0.2, 0) is 6.54 Å². The number of nitrogens with zero attached hydrogens (tertiary/aromatic N) is 3. The van der Waals surface area contributed by atoms with Gasteiger partial charge in [-0.15, -0.1) is 0 Å². The number of benzene rings is 1. The third-order valence-corrected chi connectivity index (χ3v) is 4.29. The molecule has 1 aromatic carbocycles. The van der Waals surface area contributed by atoms with E-state index in [1.54, 1.807) is 0 Å². The minimum atomic E-state index is -0.786. The second kappa shape index (κ2) is 7.55. The highest BCUT2D eigenvalue weighted by molar-refractivity contribution is 5.38. The summed E-state index contributed by atoms with van der Waals surface area (Å²) in [6, 6.07) is 13.9. The Kier molecular flexibility index (Phi) is 5.23. The highest BCUT2D eigenvalue weighted by atomic mass is 16.3. The number of piperazine rings is 1. The monoisotopic (exact) mass is 313 g/mol. The molecule has 1 saturated heterocycles. The molecule has 2 aromatic rings. The molecular formula is C18H23N3O2. The van der Waals surface area contributed by atoms with Gasteiger partial charge in [0.15, 0.2) is 0 Å². The summed E-state index contributed by atoms with van der Waals surface area (Å²) in [5, 5.41) is 18.6. The smallest absolute Gasteiger partial charge is 0.128 e. The Morgan fingerprint density at radius 1 is 1.00 bits per heavy atom. The van der Waals surface area contributed by atoms with Crippen LogP contribution >= 0.6 is 0 Å². The number of aliphatic hydroxyl groups is 2. The van der Waals surface area contributed by atoms with E-state index in [4.69, 9.17) is 5.11 Å². The molecule has 1 aliphatic rings. The summed E-state index contributed by atoms with van der Waals surface area (Å²) in [6.45, 7) is 4.66. The molecule has 0 saturated carbocycles. The van der Waals surface area contributed by atoms with Crippen molar-refractivity contribution in [2.75, 3.05) is 37.7 Å². The van der Waals surface area contributed by atoms with Gasteiger partial charge in [-0.2, -0.15) is 0 Å². The fourth-order valence-corrected chi connectivity index (χ4v) is 2.88. The predicted octanol–water partition coefficient (Wildman–Crippen LogP) is 1.43. The number of rotatable bonds is 5. The molecule has 5 nitrogen and oxygen atoms in total. The van der Waals surface area contributed by atoms with Crippen LogP contribution in [-0.4, -0.2) is 52.9 Å². The molecule has 1 atom stereocenters. The SMILES string of the molecule is OCC(O)c1ccc(CN2CCN(c3ccccn3)CC2)cc1. The molecule has 0 aliphatic carbocycles. The van der Waals surface area contributed by atoms with E-state index in [1.165, 1.54) is 5.56 Å². The zero-order valence-corrected chi connectivity index (χ0v) is 13.2. The highest BCUT2D eigenvalue weighted by Crippen LogP contribution is 2.16. The summed E-state index contributed by atoms with van der Waals surface area (Å²) in [5.41, 5.74) is 1.99. The summed E-state index contributed by atoms with van der Waals surface area (Å²) < 4.78 is 0. The van der Waals surface area contributed by atoms with Crippen molar-refractivity contribution in [2.45, 2.75) is 12.6 Å². The summed E-state index contributed by atoms with van der Waals surface area (Å²) in [4.78, 5) is 9.15. The Hall–Kier alpha value is -1.95. The van der Waals surface area contributed by atoms with Crippen molar-refractivity contribution in [2.24, 2.45) is 0 Å². The van der Waals surface area contributed by atoms with Crippen molar-refractivity contribution < 1.29 is 10.2 Å². The number of hydrogen-bond donors (Lipinski definition) is 2. The number of aromatic nitrogens is 1. The zero-order chi connectivity index (χ0) is 16.1. The van der Waals surface area contributed by atoms with Gasteiger partial charge in [-0.25, -0.2) is 4.98 Å². The van der Waals surface area contributed by atoms with Crippen LogP contribution in [0.3, 0.4) is 0 Å². The Labute approximate surface area is 136 Å². The van der Waals surface area contributed by atoms with Gasteiger partial charge in [0, 0.05) is 38.9 Å². The molecule has 2 N–H and O–H groups in total. The lowest BCUT2D eigenvalue weighted by molar-refractivity contribution is 0.0956. The van der Waals surface area contributed by atoms with E-state index in [-0.39, 0.29) is 6.61 Å². The summed E-state index contributed by atoms with van der Waals surface area (Å²) in [5.74, 6) is 1.05. The average molecular weight is 313 g/mol. The number of anilines is 1. The van der Waals surface area contributed by atoms with Crippen molar-refractivity contribution in [3.8, 4) is 0 Å². The standard InChI is InChI=1S/C18H23N3O2/c22-14-17(23)16-6-4-15(5-7-16)13-20-9-11-21(12-10-20)18-3-1-2-8-19-18/h1-8,17,22-23H,9-14H2. The molecule has 5 heteroatoms. The minimum Gasteiger partial charge on any atom is -0.393 e. The van der Waals surface area contributed by atoms with Crippen molar-refractivity contribution in [3.05, 3.63) is 59.8 Å². The predicted molar refractivity (Wildman–Crippen MR) is 90.2 cm³/mol. The molecule has 2 heterocycles. The van der Waals surface area contributed by atoms with Crippen LogP contribution in [0.25, 0.3) is 0 Å². The number of hydrogen-bond acceptors (Lipinski definition) is 5. The van der Waals surface area contributed by atoms with Crippen LogP contribution in [0.2, 0.25) is 0 Å². The van der Waals surface area contributed by atoms with Gasteiger partial charge in [0.1, 0.15) is 11.9 Å². The second-order valence-corrected chi connectivity index (χ2v) is 5.89. The van der Waals surface area contributed by atoms with Gasteiger partial charge >= 0.3 is 0 Å².